The zero-order valence-corrected chi connectivity index (χ0v) is 13.2. The molecule has 0 atom stereocenters. The first kappa shape index (κ1) is 15.6. The van der Waals surface area contributed by atoms with Crippen LogP contribution in [0.25, 0.3) is 0 Å². The Morgan fingerprint density at radius 2 is 1.67 bits per heavy atom. The van der Waals surface area contributed by atoms with E-state index in [4.69, 9.17) is 11.6 Å². The molecule has 0 saturated carbocycles. The van der Waals surface area contributed by atoms with E-state index in [-0.39, 0.29) is 5.91 Å². The van der Waals surface area contributed by atoms with Crippen LogP contribution < -0.4 is 5.32 Å². The molecule has 0 aromatic heterocycles. The lowest BCUT2D eigenvalue weighted by Crippen LogP contribution is -2.32. The third-order valence-corrected chi connectivity index (χ3v) is 4.12. The molecule has 1 amide bonds. The van der Waals surface area contributed by atoms with Gasteiger partial charge in [0.2, 0.25) is 5.91 Å². The number of halogens is 1. The first-order valence-corrected chi connectivity index (χ1v) is 7.55. The number of rotatable bonds is 5. The van der Waals surface area contributed by atoms with Crippen molar-refractivity contribution in [3.63, 3.8) is 0 Å². The zero-order valence-electron chi connectivity index (χ0n) is 12.4. The molecular weight excluding hydrogens is 282 g/mol. The highest BCUT2D eigenvalue weighted by molar-refractivity contribution is 6.20. The third kappa shape index (κ3) is 4.08. The molecule has 0 bridgehead atoms. The number of anilines is 1. The van der Waals surface area contributed by atoms with Crippen molar-refractivity contribution in [2.45, 2.75) is 20.3 Å². The molecule has 2 aromatic carbocycles. The average molecular weight is 302 g/mol. The predicted octanol–water partition coefficient (Wildman–Crippen LogP) is 4.48. The van der Waals surface area contributed by atoms with Gasteiger partial charge < -0.3 is 5.32 Å². The molecule has 0 heterocycles. The lowest BCUT2D eigenvalue weighted by molar-refractivity contribution is -0.122. The molecule has 2 nitrogen and oxygen atoms in total. The van der Waals surface area contributed by atoms with Crippen molar-refractivity contribution < 1.29 is 4.79 Å². The first-order chi connectivity index (χ1) is 10.0. The number of amides is 1. The molecule has 0 aliphatic heterocycles. The quantitative estimate of drug-likeness (QED) is 0.811. The van der Waals surface area contributed by atoms with Crippen molar-refractivity contribution in [2.24, 2.45) is 5.41 Å². The molecule has 110 valence electrons. The van der Waals surface area contributed by atoms with Crippen LogP contribution in [-0.4, -0.2) is 11.8 Å². The van der Waals surface area contributed by atoms with Gasteiger partial charge in [-0.15, -0.1) is 11.6 Å². The number of benzene rings is 2. The summed E-state index contributed by atoms with van der Waals surface area (Å²) >= 11 is 5.86. The van der Waals surface area contributed by atoms with Gasteiger partial charge in [0, 0.05) is 11.6 Å². The Bertz CT molecular complexity index is 608. The van der Waals surface area contributed by atoms with Gasteiger partial charge in [0.1, 0.15) is 0 Å². The summed E-state index contributed by atoms with van der Waals surface area (Å²) < 4.78 is 0. The average Bonchev–Trinajstić information content (AvgIpc) is 2.50. The van der Waals surface area contributed by atoms with E-state index in [1.807, 2.05) is 56.3 Å². The van der Waals surface area contributed by atoms with Gasteiger partial charge in [-0.05, 0) is 37.5 Å². The van der Waals surface area contributed by atoms with Crippen LogP contribution >= 0.6 is 11.6 Å². The summed E-state index contributed by atoms with van der Waals surface area (Å²) in [5.41, 5.74) is 2.59. The highest BCUT2D eigenvalue weighted by Crippen LogP contribution is 2.23. The molecule has 0 spiro atoms. The molecule has 1 N–H and O–H groups in total. The van der Waals surface area contributed by atoms with Gasteiger partial charge in [-0.25, -0.2) is 0 Å². The van der Waals surface area contributed by atoms with Crippen molar-refractivity contribution in [1.82, 2.24) is 0 Å². The van der Waals surface area contributed by atoms with Crippen LogP contribution in [0.1, 0.15) is 25.0 Å². The van der Waals surface area contributed by atoms with Gasteiger partial charge in [0.05, 0.1) is 5.41 Å². The monoisotopic (exact) mass is 301 g/mol. The minimum Gasteiger partial charge on any atom is -0.325 e. The minimum absolute atomic E-state index is 0.0574. The van der Waals surface area contributed by atoms with E-state index in [0.29, 0.717) is 5.88 Å². The second-order valence-electron chi connectivity index (χ2n) is 5.79. The molecule has 0 saturated heterocycles. The van der Waals surface area contributed by atoms with Gasteiger partial charge >= 0.3 is 0 Å². The number of hydrogen-bond donors (Lipinski definition) is 1. The number of carbonyl (C=O) groups is 1. The Kier molecular flexibility index (Phi) is 5.03. The number of nitrogens with one attached hydrogen (secondary N) is 1. The van der Waals surface area contributed by atoms with E-state index < -0.39 is 5.41 Å². The fourth-order valence-corrected chi connectivity index (χ4v) is 2.09. The maximum absolute atomic E-state index is 12.3. The summed E-state index contributed by atoms with van der Waals surface area (Å²) in [6.45, 7) is 3.68. The maximum atomic E-state index is 12.3. The van der Waals surface area contributed by atoms with E-state index in [2.05, 4.69) is 17.4 Å². The number of para-hydroxylation sites is 1. The van der Waals surface area contributed by atoms with E-state index in [1.165, 1.54) is 5.56 Å². The SMILES string of the molecule is CC(C)(CCl)C(=O)Nc1ccccc1Cc1ccccc1. The van der Waals surface area contributed by atoms with Gasteiger partial charge in [-0.2, -0.15) is 0 Å². The zero-order chi connectivity index (χ0) is 15.3. The standard InChI is InChI=1S/C18H20ClNO/c1-18(2,13-19)17(21)20-16-11-7-6-10-15(16)12-14-8-4-3-5-9-14/h3-11H,12-13H2,1-2H3,(H,20,21). The largest absolute Gasteiger partial charge is 0.325 e. The fraction of sp³-hybridized carbons (Fsp3) is 0.278. The Hall–Kier alpha value is -1.80. The Labute approximate surface area is 131 Å². The van der Waals surface area contributed by atoms with Gasteiger partial charge in [-0.3, -0.25) is 4.79 Å². The fourth-order valence-electron chi connectivity index (χ4n) is 1.96. The summed E-state index contributed by atoms with van der Waals surface area (Å²) in [6.07, 6.45) is 0.790. The lowest BCUT2D eigenvalue weighted by Gasteiger charge is -2.21. The summed E-state index contributed by atoms with van der Waals surface area (Å²) in [7, 11) is 0. The Morgan fingerprint density at radius 3 is 2.33 bits per heavy atom. The molecule has 2 rings (SSSR count). The van der Waals surface area contributed by atoms with E-state index in [1.54, 1.807) is 0 Å². The van der Waals surface area contributed by atoms with E-state index >= 15 is 0 Å². The van der Waals surface area contributed by atoms with Crippen molar-refractivity contribution in [1.29, 1.82) is 0 Å². The molecular formula is C18H20ClNO. The van der Waals surface area contributed by atoms with Crippen LogP contribution in [0.2, 0.25) is 0 Å². The lowest BCUT2D eigenvalue weighted by atomic mass is 9.94. The van der Waals surface area contributed by atoms with Crippen LogP contribution in [0.3, 0.4) is 0 Å². The molecule has 21 heavy (non-hydrogen) atoms. The van der Waals surface area contributed by atoms with Crippen LogP contribution in [-0.2, 0) is 11.2 Å². The van der Waals surface area contributed by atoms with Crippen molar-refractivity contribution in [3.05, 3.63) is 65.7 Å². The maximum Gasteiger partial charge on any atom is 0.231 e. The minimum atomic E-state index is -0.582. The summed E-state index contributed by atoms with van der Waals surface area (Å²) in [4.78, 5) is 12.3. The predicted molar refractivity (Wildman–Crippen MR) is 88.8 cm³/mol. The van der Waals surface area contributed by atoms with Gasteiger partial charge in [-0.1, -0.05) is 48.5 Å². The molecule has 0 radical (unpaired) electrons. The second-order valence-corrected chi connectivity index (χ2v) is 6.06. The number of hydrogen-bond acceptors (Lipinski definition) is 1. The highest BCUT2D eigenvalue weighted by Gasteiger charge is 2.26. The molecule has 2 aromatic rings. The summed E-state index contributed by atoms with van der Waals surface area (Å²) in [5.74, 6) is 0.234. The van der Waals surface area contributed by atoms with Crippen LogP contribution in [0.15, 0.2) is 54.6 Å². The first-order valence-electron chi connectivity index (χ1n) is 7.02. The van der Waals surface area contributed by atoms with Gasteiger partial charge in [0.25, 0.3) is 0 Å². The Balaban J connectivity index is 2.20. The van der Waals surface area contributed by atoms with Crippen LogP contribution in [0.5, 0.6) is 0 Å². The van der Waals surface area contributed by atoms with Gasteiger partial charge in [0.15, 0.2) is 0 Å². The molecule has 0 aliphatic rings. The van der Waals surface area contributed by atoms with Crippen molar-refractivity contribution >= 4 is 23.2 Å². The molecule has 0 fully saturated rings. The van der Waals surface area contributed by atoms with Crippen LogP contribution in [0.4, 0.5) is 5.69 Å². The number of alkyl halides is 1. The number of carbonyl (C=O) groups excluding carboxylic acids is 1. The highest BCUT2D eigenvalue weighted by atomic mass is 35.5. The summed E-state index contributed by atoms with van der Waals surface area (Å²) in [6, 6.07) is 18.1. The van der Waals surface area contributed by atoms with Crippen molar-refractivity contribution in [3.8, 4) is 0 Å². The van der Waals surface area contributed by atoms with E-state index in [9.17, 15) is 4.79 Å². The molecule has 3 heteroatoms. The molecule has 0 aliphatic carbocycles. The van der Waals surface area contributed by atoms with Crippen LogP contribution in [0, 0.1) is 5.41 Å². The third-order valence-electron chi connectivity index (χ3n) is 3.45. The second kappa shape index (κ2) is 6.77. The smallest absolute Gasteiger partial charge is 0.231 e. The van der Waals surface area contributed by atoms with E-state index in [0.717, 1.165) is 17.7 Å². The normalized spacial score (nSPS) is 11.2. The Morgan fingerprint density at radius 1 is 1.05 bits per heavy atom. The summed E-state index contributed by atoms with van der Waals surface area (Å²) in [5, 5.41) is 3.00. The molecule has 0 unspecified atom stereocenters. The topological polar surface area (TPSA) is 29.1 Å². The van der Waals surface area contributed by atoms with Crippen molar-refractivity contribution in [2.75, 3.05) is 11.2 Å².